The van der Waals surface area contributed by atoms with Crippen molar-refractivity contribution in [2.45, 2.75) is 58.0 Å². The Morgan fingerprint density at radius 1 is 0.861 bits per heavy atom. The summed E-state index contributed by atoms with van der Waals surface area (Å²) in [5, 5.41) is 3.33. The van der Waals surface area contributed by atoms with Crippen LogP contribution in [0.4, 0.5) is 10.5 Å². The van der Waals surface area contributed by atoms with Gasteiger partial charge in [0.05, 0.1) is 18.3 Å². The van der Waals surface area contributed by atoms with Crippen molar-refractivity contribution in [1.29, 1.82) is 0 Å². The van der Waals surface area contributed by atoms with Crippen molar-refractivity contribution in [2.24, 2.45) is 0 Å². The number of carbonyl (C=O) groups is 1. The molecule has 3 aromatic carbocycles. The highest BCUT2D eigenvalue weighted by Crippen LogP contribution is 2.38. The molecule has 182 valence electrons. The number of nitrogens with zero attached hydrogens (tertiary/aromatic N) is 2. The van der Waals surface area contributed by atoms with Crippen LogP contribution in [-0.2, 0) is 19.4 Å². The first-order valence-corrected chi connectivity index (χ1v) is 13.1. The number of aromatic nitrogens is 1. The Kier molecular flexibility index (Phi) is 5.88. The van der Waals surface area contributed by atoms with Gasteiger partial charge in [-0.2, -0.15) is 0 Å². The molecule has 4 aromatic rings. The van der Waals surface area contributed by atoms with E-state index in [1.165, 1.54) is 29.5 Å². The number of aryl methyl sites for hydroxylation is 1. The normalized spacial score (nSPS) is 16.6. The van der Waals surface area contributed by atoms with E-state index < -0.39 is 0 Å². The molecule has 4 nitrogen and oxygen atoms in total. The van der Waals surface area contributed by atoms with E-state index in [9.17, 15) is 4.79 Å². The Bertz CT molecular complexity index is 1400. The molecule has 0 saturated heterocycles. The van der Waals surface area contributed by atoms with E-state index in [4.69, 9.17) is 0 Å². The van der Waals surface area contributed by atoms with Gasteiger partial charge in [-0.15, -0.1) is 0 Å². The van der Waals surface area contributed by atoms with E-state index in [2.05, 4.69) is 109 Å². The van der Waals surface area contributed by atoms with Crippen LogP contribution in [0.2, 0.25) is 0 Å². The molecule has 2 heterocycles. The van der Waals surface area contributed by atoms with Crippen LogP contribution in [-0.4, -0.2) is 15.5 Å². The van der Waals surface area contributed by atoms with E-state index in [1.807, 2.05) is 4.90 Å². The molecule has 2 amide bonds. The Labute approximate surface area is 213 Å². The molecule has 0 fully saturated rings. The van der Waals surface area contributed by atoms with Crippen molar-refractivity contribution in [3.63, 3.8) is 0 Å². The fourth-order valence-corrected chi connectivity index (χ4v) is 5.84. The summed E-state index contributed by atoms with van der Waals surface area (Å²) in [4.78, 5) is 16.1. The predicted octanol–water partition coefficient (Wildman–Crippen LogP) is 7.62. The Hall–Kier alpha value is -3.79. The summed E-state index contributed by atoms with van der Waals surface area (Å²) in [7, 11) is 0. The number of urea groups is 1. The van der Waals surface area contributed by atoms with E-state index in [0.717, 1.165) is 41.0 Å². The molecule has 36 heavy (non-hydrogen) atoms. The van der Waals surface area contributed by atoms with Crippen molar-refractivity contribution >= 4 is 11.7 Å². The zero-order valence-corrected chi connectivity index (χ0v) is 21.1. The molecule has 1 aliphatic heterocycles. The summed E-state index contributed by atoms with van der Waals surface area (Å²) in [6.45, 7) is 4.96. The van der Waals surface area contributed by atoms with Crippen LogP contribution in [0.15, 0.2) is 85.1 Å². The Morgan fingerprint density at radius 3 is 2.47 bits per heavy atom. The third-order valence-electron chi connectivity index (χ3n) is 7.78. The first-order valence-electron chi connectivity index (χ1n) is 13.1. The molecule has 6 rings (SSSR count). The summed E-state index contributed by atoms with van der Waals surface area (Å²) in [5.41, 5.74) is 9.43. The molecular weight excluding hydrogens is 442 g/mol. The number of hydrogen-bond donors (Lipinski definition) is 1. The quantitative estimate of drug-likeness (QED) is 0.325. The number of amides is 2. The van der Waals surface area contributed by atoms with Gasteiger partial charge in [-0.1, -0.05) is 68.4 Å². The average molecular weight is 476 g/mol. The lowest BCUT2D eigenvalue weighted by Crippen LogP contribution is -2.38. The second-order valence-electron chi connectivity index (χ2n) is 10.4. The fourth-order valence-electron chi connectivity index (χ4n) is 5.84. The van der Waals surface area contributed by atoms with Gasteiger partial charge in [-0.3, -0.25) is 0 Å². The number of rotatable bonds is 3. The van der Waals surface area contributed by atoms with Gasteiger partial charge in [0, 0.05) is 17.6 Å². The smallest absolute Gasteiger partial charge is 0.318 e. The van der Waals surface area contributed by atoms with Crippen molar-refractivity contribution in [2.75, 3.05) is 5.32 Å². The molecule has 2 aliphatic rings. The molecule has 0 unspecified atom stereocenters. The Balaban J connectivity index is 1.44. The lowest BCUT2D eigenvalue weighted by Gasteiger charge is -2.32. The van der Waals surface area contributed by atoms with Crippen LogP contribution in [0.3, 0.4) is 0 Å². The van der Waals surface area contributed by atoms with Crippen molar-refractivity contribution in [3.8, 4) is 5.69 Å². The molecule has 0 saturated carbocycles. The molecule has 1 aliphatic carbocycles. The summed E-state index contributed by atoms with van der Waals surface area (Å²) in [6, 6.07) is 27.5. The van der Waals surface area contributed by atoms with Gasteiger partial charge in [0.1, 0.15) is 0 Å². The highest BCUT2D eigenvalue weighted by atomic mass is 16.2. The van der Waals surface area contributed by atoms with Crippen LogP contribution in [0.1, 0.15) is 72.2 Å². The third-order valence-corrected chi connectivity index (χ3v) is 7.78. The zero-order chi connectivity index (χ0) is 24.6. The van der Waals surface area contributed by atoms with Gasteiger partial charge in [0.2, 0.25) is 0 Å². The standard InChI is InChI=1S/C32H33N3O/c1-22(2)23-16-18-25(19-17-23)31-30-15-8-20-34(30)29-14-6-4-10-26(29)21-35(31)32(36)33-28-13-7-11-24-9-3-5-12-27(24)28/h4,6-8,10-11,13-20,22,31H,3,5,9,12,21H2,1-2H3,(H,33,36)/t31-/m1/s1. The van der Waals surface area contributed by atoms with Crippen molar-refractivity contribution in [3.05, 3.63) is 119 Å². The number of benzene rings is 3. The summed E-state index contributed by atoms with van der Waals surface area (Å²) < 4.78 is 2.24. The highest BCUT2D eigenvalue weighted by Gasteiger charge is 2.33. The number of hydrogen-bond acceptors (Lipinski definition) is 1. The van der Waals surface area contributed by atoms with Gasteiger partial charge in [0.15, 0.2) is 0 Å². The second kappa shape index (κ2) is 9.34. The maximum atomic E-state index is 14.1. The van der Waals surface area contributed by atoms with Gasteiger partial charge < -0.3 is 14.8 Å². The maximum absolute atomic E-state index is 14.1. The molecule has 1 atom stereocenters. The van der Waals surface area contributed by atoms with Gasteiger partial charge in [0.25, 0.3) is 0 Å². The van der Waals surface area contributed by atoms with E-state index in [0.29, 0.717) is 12.5 Å². The van der Waals surface area contributed by atoms with Gasteiger partial charge >= 0.3 is 6.03 Å². The van der Waals surface area contributed by atoms with E-state index in [-0.39, 0.29) is 12.1 Å². The predicted molar refractivity (Wildman–Crippen MR) is 146 cm³/mol. The van der Waals surface area contributed by atoms with Crippen LogP contribution in [0, 0.1) is 0 Å². The molecule has 1 aromatic heterocycles. The number of para-hydroxylation sites is 1. The molecule has 0 radical (unpaired) electrons. The topological polar surface area (TPSA) is 37.3 Å². The maximum Gasteiger partial charge on any atom is 0.322 e. The van der Waals surface area contributed by atoms with Gasteiger partial charge in [-0.25, -0.2) is 4.79 Å². The Morgan fingerprint density at radius 2 is 1.64 bits per heavy atom. The summed E-state index contributed by atoms with van der Waals surface area (Å²) in [5.74, 6) is 0.463. The van der Waals surface area contributed by atoms with Crippen molar-refractivity contribution < 1.29 is 4.79 Å². The molecular formula is C32H33N3O. The highest BCUT2D eigenvalue weighted by molar-refractivity contribution is 5.91. The number of carbonyl (C=O) groups excluding carboxylic acids is 1. The monoisotopic (exact) mass is 475 g/mol. The fraction of sp³-hybridized carbons (Fsp3) is 0.281. The number of nitrogens with one attached hydrogen (secondary N) is 1. The van der Waals surface area contributed by atoms with Crippen molar-refractivity contribution in [1.82, 2.24) is 9.47 Å². The lowest BCUT2D eigenvalue weighted by atomic mass is 9.90. The molecule has 4 heteroatoms. The molecule has 0 spiro atoms. The average Bonchev–Trinajstić information content (AvgIpc) is 3.33. The van der Waals surface area contributed by atoms with E-state index in [1.54, 1.807) is 0 Å². The summed E-state index contributed by atoms with van der Waals surface area (Å²) in [6.07, 6.45) is 6.62. The van der Waals surface area contributed by atoms with Crippen LogP contribution in [0.5, 0.6) is 0 Å². The largest absolute Gasteiger partial charge is 0.322 e. The van der Waals surface area contributed by atoms with Crippen LogP contribution >= 0.6 is 0 Å². The van der Waals surface area contributed by atoms with E-state index >= 15 is 0 Å². The third kappa shape index (κ3) is 4.01. The lowest BCUT2D eigenvalue weighted by molar-refractivity contribution is 0.194. The minimum absolute atomic E-state index is 0.0589. The minimum atomic E-state index is -0.201. The SMILES string of the molecule is CC(C)c1ccc([C@@H]2c3cccn3-c3ccccc3CN2C(=O)Nc2cccc3c2CCCC3)cc1. The minimum Gasteiger partial charge on any atom is -0.318 e. The molecule has 0 bridgehead atoms. The van der Waals surface area contributed by atoms with Gasteiger partial charge in [-0.05, 0) is 83.7 Å². The number of fused-ring (bicyclic) bond motifs is 4. The van der Waals surface area contributed by atoms with Crippen LogP contribution < -0.4 is 5.32 Å². The number of anilines is 1. The summed E-state index contributed by atoms with van der Waals surface area (Å²) >= 11 is 0. The second-order valence-corrected chi connectivity index (χ2v) is 10.4. The zero-order valence-electron chi connectivity index (χ0n) is 21.1. The van der Waals surface area contributed by atoms with Crippen LogP contribution in [0.25, 0.3) is 5.69 Å². The first kappa shape index (κ1) is 22.7. The first-order chi connectivity index (χ1) is 17.6. The molecule has 1 N–H and O–H groups in total.